The first kappa shape index (κ1) is 25.9. The summed E-state index contributed by atoms with van der Waals surface area (Å²) in [6, 6.07) is 17.5. The standard InChI is InChI=1S/C28H28O9S/c1-32-22-12-17(13-23(33-2)26(22)34-3)25(29)24-19(14-35-28(24)30)27(38(31)18-7-5-4-6-8-18)16-9-10-20-21(11-16)37-15-36-20/h4-13,19,24-25,27,29H,14-15H2,1-3H3/t19-,24-,25?,27?,38+/m0/s1. The normalized spacial score (nSPS) is 20.4. The van der Waals surface area contributed by atoms with Gasteiger partial charge in [0, 0.05) is 10.8 Å². The Morgan fingerprint density at radius 1 is 0.868 bits per heavy atom. The van der Waals surface area contributed by atoms with E-state index in [1.807, 2.05) is 24.3 Å². The van der Waals surface area contributed by atoms with Gasteiger partial charge in [-0.3, -0.25) is 9.00 Å². The van der Waals surface area contributed by atoms with Crippen LogP contribution in [0.2, 0.25) is 0 Å². The van der Waals surface area contributed by atoms with E-state index in [0.29, 0.717) is 44.8 Å². The molecule has 38 heavy (non-hydrogen) atoms. The minimum atomic E-state index is -1.59. The van der Waals surface area contributed by atoms with Crippen molar-refractivity contribution in [2.45, 2.75) is 16.2 Å². The van der Waals surface area contributed by atoms with Gasteiger partial charge in [0.1, 0.15) is 0 Å². The topological polar surface area (TPSA) is 110 Å². The summed E-state index contributed by atoms with van der Waals surface area (Å²) in [5.41, 5.74) is 1.06. The number of carbonyl (C=O) groups is 1. The van der Waals surface area contributed by atoms with E-state index in [-0.39, 0.29) is 13.4 Å². The summed E-state index contributed by atoms with van der Waals surface area (Å²) < 4.78 is 46.8. The van der Waals surface area contributed by atoms with Gasteiger partial charge in [0.05, 0.1) is 56.0 Å². The molecule has 0 saturated carbocycles. The molecule has 5 atom stereocenters. The van der Waals surface area contributed by atoms with E-state index < -0.39 is 40.0 Å². The number of cyclic esters (lactones) is 1. The molecule has 2 aliphatic rings. The molecule has 1 N–H and O–H groups in total. The summed E-state index contributed by atoms with van der Waals surface area (Å²) in [6.45, 7) is 0.0847. The second kappa shape index (κ2) is 10.9. The molecule has 1 saturated heterocycles. The van der Waals surface area contributed by atoms with Gasteiger partial charge < -0.3 is 33.5 Å². The molecule has 3 aromatic rings. The van der Waals surface area contributed by atoms with Crippen LogP contribution in [-0.2, 0) is 20.3 Å². The number of benzene rings is 3. The lowest BCUT2D eigenvalue weighted by atomic mass is 9.82. The van der Waals surface area contributed by atoms with Gasteiger partial charge in [0.25, 0.3) is 0 Å². The molecule has 0 amide bonds. The first-order valence-corrected chi connectivity index (χ1v) is 13.2. The number of esters is 1. The maximum absolute atomic E-state index is 14.1. The van der Waals surface area contributed by atoms with Crippen LogP contribution in [0.15, 0.2) is 65.6 Å². The highest BCUT2D eigenvalue weighted by Crippen LogP contribution is 2.48. The van der Waals surface area contributed by atoms with Crippen molar-refractivity contribution in [3.8, 4) is 28.7 Å². The number of fused-ring (bicyclic) bond motifs is 1. The highest BCUT2D eigenvalue weighted by Gasteiger charge is 2.49. The van der Waals surface area contributed by atoms with E-state index in [2.05, 4.69) is 0 Å². The van der Waals surface area contributed by atoms with Crippen molar-refractivity contribution in [3.63, 3.8) is 0 Å². The van der Waals surface area contributed by atoms with E-state index in [0.717, 1.165) is 0 Å². The van der Waals surface area contributed by atoms with E-state index in [1.165, 1.54) is 21.3 Å². The third-order valence-corrected chi connectivity index (χ3v) is 8.66. The fraction of sp³-hybridized carbons (Fsp3) is 0.321. The van der Waals surface area contributed by atoms with Gasteiger partial charge in [-0.1, -0.05) is 24.3 Å². The summed E-state index contributed by atoms with van der Waals surface area (Å²) in [4.78, 5) is 13.7. The zero-order chi connectivity index (χ0) is 26.8. The molecule has 10 heteroatoms. The molecule has 0 radical (unpaired) electrons. The molecule has 3 aromatic carbocycles. The molecule has 2 heterocycles. The molecular formula is C28H28O9S. The van der Waals surface area contributed by atoms with E-state index in [9.17, 15) is 14.1 Å². The Morgan fingerprint density at radius 2 is 1.55 bits per heavy atom. The molecule has 200 valence electrons. The van der Waals surface area contributed by atoms with Crippen LogP contribution in [0.3, 0.4) is 0 Å². The van der Waals surface area contributed by atoms with E-state index >= 15 is 0 Å². The number of methoxy groups -OCH3 is 3. The highest BCUT2D eigenvalue weighted by atomic mass is 32.2. The molecule has 1 fully saturated rings. The molecule has 9 nitrogen and oxygen atoms in total. The Balaban J connectivity index is 1.58. The molecule has 5 rings (SSSR count). The van der Waals surface area contributed by atoms with E-state index in [4.69, 9.17) is 28.4 Å². The molecule has 0 spiro atoms. The molecule has 0 aliphatic carbocycles. The first-order chi connectivity index (χ1) is 18.5. The van der Waals surface area contributed by atoms with Crippen LogP contribution in [0, 0.1) is 11.8 Å². The molecular weight excluding hydrogens is 512 g/mol. The van der Waals surface area contributed by atoms with E-state index in [1.54, 1.807) is 36.4 Å². The Bertz CT molecular complexity index is 1320. The lowest BCUT2D eigenvalue weighted by Crippen LogP contribution is -2.30. The number of carbonyl (C=O) groups excluding carboxylic acids is 1. The Morgan fingerprint density at radius 3 is 2.21 bits per heavy atom. The van der Waals surface area contributed by atoms with Gasteiger partial charge in [-0.15, -0.1) is 0 Å². The van der Waals surface area contributed by atoms with Crippen molar-refractivity contribution in [2.24, 2.45) is 11.8 Å². The maximum atomic E-state index is 14.1. The highest BCUT2D eigenvalue weighted by molar-refractivity contribution is 7.85. The average Bonchev–Trinajstić information content (AvgIpc) is 3.58. The Kier molecular flexibility index (Phi) is 7.44. The maximum Gasteiger partial charge on any atom is 0.312 e. The number of hydrogen-bond donors (Lipinski definition) is 1. The summed E-state index contributed by atoms with van der Waals surface area (Å²) in [7, 11) is 2.83. The number of rotatable bonds is 9. The molecule has 0 bridgehead atoms. The van der Waals surface area contributed by atoms with Crippen LogP contribution in [0.4, 0.5) is 0 Å². The third-order valence-electron chi connectivity index (χ3n) is 6.84. The van der Waals surface area contributed by atoms with Crippen molar-refractivity contribution in [3.05, 3.63) is 71.8 Å². The number of aliphatic hydroxyl groups excluding tert-OH is 1. The SMILES string of the molecule is COc1cc(C(O)[C@H]2C(=O)OC[C@@H]2C(c2ccc3c(c2)OCO3)[S@](=O)c2ccccc2)cc(OC)c1OC. The second-order valence-electron chi connectivity index (χ2n) is 8.87. The van der Waals surface area contributed by atoms with Crippen molar-refractivity contribution in [1.29, 1.82) is 0 Å². The number of ether oxygens (including phenoxy) is 6. The van der Waals surface area contributed by atoms with Crippen molar-refractivity contribution < 1.29 is 42.5 Å². The van der Waals surface area contributed by atoms with Gasteiger partial charge in [0.2, 0.25) is 12.5 Å². The fourth-order valence-electron chi connectivity index (χ4n) is 4.99. The third kappa shape index (κ3) is 4.65. The van der Waals surface area contributed by atoms with Crippen LogP contribution in [0.1, 0.15) is 22.5 Å². The smallest absolute Gasteiger partial charge is 0.312 e. The Labute approximate surface area is 222 Å². The summed E-state index contributed by atoms with van der Waals surface area (Å²) >= 11 is 0. The molecule has 2 unspecified atom stereocenters. The summed E-state index contributed by atoms with van der Waals surface area (Å²) in [6.07, 6.45) is -1.30. The van der Waals surface area contributed by atoms with Crippen molar-refractivity contribution in [1.82, 2.24) is 0 Å². The van der Waals surface area contributed by atoms with Gasteiger partial charge in [-0.25, -0.2) is 0 Å². The minimum absolute atomic E-state index is 0.0112. The van der Waals surface area contributed by atoms with Crippen LogP contribution in [0.5, 0.6) is 28.7 Å². The number of hydrogen-bond acceptors (Lipinski definition) is 9. The average molecular weight is 541 g/mol. The summed E-state index contributed by atoms with van der Waals surface area (Å²) in [5.74, 6) is -0.0610. The molecule has 0 aromatic heterocycles. The zero-order valence-electron chi connectivity index (χ0n) is 21.1. The minimum Gasteiger partial charge on any atom is -0.493 e. The monoisotopic (exact) mass is 540 g/mol. The largest absolute Gasteiger partial charge is 0.493 e. The van der Waals surface area contributed by atoms with Gasteiger partial charge in [0.15, 0.2) is 23.0 Å². The number of aliphatic hydroxyl groups is 1. The quantitative estimate of drug-likeness (QED) is 0.405. The lowest BCUT2D eigenvalue weighted by Gasteiger charge is -2.29. The fourth-order valence-corrected chi connectivity index (χ4v) is 6.67. The predicted molar refractivity (Wildman–Crippen MR) is 137 cm³/mol. The zero-order valence-corrected chi connectivity index (χ0v) is 21.9. The van der Waals surface area contributed by atoms with Crippen LogP contribution in [0.25, 0.3) is 0 Å². The van der Waals surface area contributed by atoms with Gasteiger partial charge >= 0.3 is 5.97 Å². The van der Waals surface area contributed by atoms with Gasteiger partial charge in [-0.2, -0.15) is 0 Å². The molecule has 2 aliphatic heterocycles. The van der Waals surface area contributed by atoms with Crippen LogP contribution >= 0.6 is 0 Å². The van der Waals surface area contributed by atoms with Crippen LogP contribution in [-0.4, -0.2) is 50.0 Å². The lowest BCUT2D eigenvalue weighted by molar-refractivity contribution is -0.144. The Hall–Kier alpha value is -3.76. The van der Waals surface area contributed by atoms with Gasteiger partial charge in [-0.05, 0) is 47.5 Å². The van der Waals surface area contributed by atoms with Crippen molar-refractivity contribution in [2.75, 3.05) is 34.7 Å². The second-order valence-corrected chi connectivity index (χ2v) is 10.4. The van der Waals surface area contributed by atoms with Crippen molar-refractivity contribution >= 4 is 16.8 Å². The predicted octanol–water partition coefficient (Wildman–Crippen LogP) is 3.81. The summed E-state index contributed by atoms with van der Waals surface area (Å²) in [5, 5.41) is 10.9. The van der Waals surface area contributed by atoms with Crippen LogP contribution < -0.4 is 23.7 Å². The first-order valence-electron chi connectivity index (χ1n) is 12.0.